The number of rotatable bonds is 5. The van der Waals surface area contributed by atoms with E-state index in [4.69, 9.17) is 9.47 Å². The van der Waals surface area contributed by atoms with E-state index in [9.17, 15) is 13.2 Å². The van der Waals surface area contributed by atoms with Crippen molar-refractivity contribution < 1.29 is 22.7 Å². The molecule has 162 valence electrons. The van der Waals surface area contributed by atoms with Gasteiger partial charge in [-0.1, -0.05) is 0 Å². The van der Waals surface area contributed by atoms with Crippen LogP contribution in [0.1, 0.15) is 37.6 Å². The third kappa shape index (κ3) is 5.25. The fourth-order valence-corrected chi connectivity index (χ4v) is 5.54. The third-order valence-electron chi connectivity index (χ3n) is 5.08. The molecule has 2 atom stereocenters. The van der Waals surface area contributed by atoms with Crippen molar-refractivity contribution in [2.75, 3.05) is 50.8 Å². The molecule has 29 heavy (non-hydrogen) atoms. The van der Waals surface area contributed by atoms with Crippen molar-refractivity contribution in [3.8, 4) is 0 Å². The average molecular weight is 427 g/mol. The van der Waals surface area contributed by atoms with Crippen LogP contribution in [-0.2, 0) is 19.7 Å². The van der Waals surface area contributed by atoms with Crippen LogP contribution in [0.25, 0.3) is 0 Å². The highest BCUT2D eigenvalue weighted by Gasteiger charge is 2.36. The zero-order valence-electron chi connectivity index (χ0n) is 17.3. The van der Waals surface area contributed by atoms with Crippen molar-refractivity contribution in [3.63, 3.8) is 0 Å². The van der Waals surface area contributed by atoms with Crippen molar-refractivity contribution in [1.82, 2.24) is 13.6 Å². The van der Waals surface area contributed by atoms with Crippen LogP contribution in [-0.4, -0.2) is 86.1 Å². The van der Waals surface area contributed by atoms with Gasteiger partial charge in [0.2, 0.25) is 0 Å². The standard InChI is InChI=1S/C19H30N4O5S/c1-4-27-19(24)17-6-7-18(20-12-17)21-8-5-9-22(11-10-21)29(25,26)23-13-15(2)28-16(3)14-23/h6-7,12,15-16H,4-5,8-11,13-14H2,1-3H3. The van der Waals surface area contributed by atoms with Crippen molar-refractivity contribution in [2.24, 2.45) is 0 Å². The summed E-state index contributed by atoms with van der Waals surface area (Å²) in [6.07, 6.45) is 1.98. The van der Waals surface area contributed by atoms with E-state index in [2.05, 4.69) is 9.88 Å². The van der Waals surface area contributed by atoms with Gasteiger partial charge in [-0.2, -0.15) is 17.0 Å². The molecule has 2 aliphatic heterocycles. The smallest absolute Gasteiger partial charge is 0.339 e. The zero-order valence-corrected chi connectivity index (χ0v) is 18.1. The summed E-state index contributed by atoms with van der Waals surface area (Å²) in [5.74, 6) is 0.333. The van der Waals surface area contributed by atoms with Gasteiger partial charge in [0.15, 0.2) is 0 Å². The first-order valence-corrected chi connectivity index (χ1v) is 11.5. The van der Waals surface area contributed by atoms with Crippen LogP contribution in [0.2, 0.25) is 0 Å². The number of nitrogens with zero attached hydrogens (tertiary/aromatic N) is 4. The summed E-state index contributed by atoms with van der Waals surface area (Å²) < 4.78 is 40.0. The molecule has 0 saturated carbocycles. The SMILES string of the molecule is CCOC(=O)c1ccc(N2CCCN(S(=O)(=O)N3CC(C)OC(C)C3)CC2)nc1. The van der Waals surface area contributed by atoms with Gasteiger partial charge in [0.25, 0.3) is 10.2 Å². The molecule has 3 rings (SSSR count). The molecular weight excluding hydrogens is 396 g/mol. The predicted octanol–water partition coefficient (Wildman–Crippen LogP) is 1.12. The molecule has 2 aliphatic rings. The Labute approximate surface area is 172 Å². The summed E-state index contributed by atoms with van der Waals surface area (Å²) in [5, 5.41) is 0. The number of esters is 1. The summed E-state index contributed by atoms with van der Waals surface area (Å²) in [7, 11) is -3.53. The van der Waals surface area contributed by atoms with Crippen LogP contribution in [0, 0.1) is 0 Å². The first kappa shape index (κ1) is 21.9. The highest BCUT2D eigenvalue weighted by atomic mass is 32.2. The first-order valence-electron chi connectivity index (χ1n) is 10.1. The Morgan fingerprint density at radius 1 is 1.14 bits per heavy atom. The molecule has 0 aliphatic carbocycles. The Kier molecular flexibility index (Phi) is 7.10. The average Bonchev–Trinajstić information content (AvgIpc) is 2.94. The number of hydrogen-bond acceptors (Lipinski definition) is 7. The monoisotopic (exact) mass is 426 g/mol. The molecule has 0 spiro atoms. The van der Waals surface area contributed by atoms with Gasteiger partial charge in [-0.25, -0.2) is 9.78 Å². The highest BCUT2D eigenvalue weighted by molar-refractivity contribution is 7.86. The number of aromatic nitrogens is 1. The van der Waals surface area contributed by atoms with Gasteiger partial charge in [0, 0.05) is 45.5 Å². The Morgan fingerprint density at radius 3 is 2.48 bits per heavy atom. The largest absolute Gasteiger partial charge is 0.462 e. The van der Waals surface area contributed by atoms with Crippen LogP contribution in [0.3, 0.4) is 0 Å². The molecule has 0 radical (unpaired) electrons. The molecular formula is C19H30N4O5S. The molecule has 0 N–H and O–H groups in total. The second-order valence-corrected chi connectivity index (χ2v) is 9.38. The van der Waals surface area contributed by atoms with Crippen molar-refractivity contribution in [2.45, 2.75) is 39.4 Å². The second kappa shape index (κ2) is 9.38. The minimum atomic E-state index is -3.53. The normalized spacial score (nSPS) is 24.9. The lowest BCUT2D eigenvalue weighted by Crippen LogP contribution is -2.53. The number of morpholine rings is 1. The minimum Gasteiger partial charge on any atom is -0.462 e. The van der Waals surface area contributed by atoms with Gasteiger partial charge >= 0.3 is 5.97 Å². The van der Waals surface area contributed by atoms with E-state index < -0.39 is 16.2 Å². The zero-order chi connectivity index (χ0) is 21.0. The number of pyridine rings is 1. The van der Waals surface area contributed by atoms with E-state index >= 15 is 0 Å². The lowest BCUT2D eigenvalue weighted by Gasteiger charge is -2.37. The molecule has 1 aromatic heterocycles. The summed E-state index contributed by atoms with van der Waals surface area (Å²) in [5.41, 5.74) is 0.408. The maximum atomic E-state index is 13.1. The van der Waals surface area contributed by atoms with E-state index in [1.807, 2.05) is 13.8 Å². The van der Waals surface area contributed by atoms with Crippen LogP contribution in [0.15, 0.2) is 18.3 Å². The molecule has 3 heterocycles. The van der Waals surface area contributed by atoms with Gasteiger partial charge in [0.1, 0.15) is 5.82 Å². The second-order valence-electron chi connectivity index (χ2n) is 7.45. The fourth-order valence-electron chi connectivity index (χ4n) is 3.74. The van der Waals surface area contributed by atoms with Gasteiger partial charge < -0.3 is 14.4 Å². The third-order valence-corrected chi connectivity index (χ3v) is 7.04. The summed E-state index contributed by atoms with van der Waals surface area (Å²) >= 11 is 0. The van der Waals surface area contributed by atoms with Crippen LogP contribution < -0.4 is 4.90 Å². The first-order chi connectivity index (χ1) is 13.8. The predicted molar refractivity (Wildman–Crippen MR) is 109 cm³/mol. The van der Waals surface area contributed by atoms with Crippen molar-refractivity contribution in [3.05, 3.63) is 23.9 Å². The summed E-state index contributed by atoms with van der Waals surface area (Å²) in [6.45, 7) is 8.74. The minimum absolute atomic E-state index is 0.112. The molecule has 0 bridgehead atoms. The topological polar surface area (TPSA) is 92.3 Å². The maximum absolute atomic E-state index is 13.1. The van der Waals surface area contributed by atoms with Crippen LogP contribution >= 0.6 is 0 Å². The molecule has 0 aromatic carbocycles. The Morgan fingerprint density at radius 2 is 1.86 bits per heavy atom. The molecule has 2 unspecified atom stereocenters. The van der Waals surface area contributed by atoms with E-state index in [1.165, 1.54) is 10.5 Å². The maximum Gasteiger partial charge on any atom is 0.339 e. The van der Waals surface area contributed by atoms with Crippen molar-refractivity contribution >= 4 is 22.0 Å². The summed E-state index contributed by atoms with van der Waals surface area (Å²) in [4.78, 5) is 18.2. The van der Waals surface area contributed by atoms with Gasteiger partial charge in [-0.15, -0.1) is 0 Å². The number of hydrogen-bond donors (Lipinski definition) is 0. The number of carbonyl (C=O) groups is 1. The lowest BCUT2D eigenvalue weighted by molar-refractivity contribution is -0.0454. The molecule has 9 nitrogen and oxygen atoms in total. The van der Waals surface area contributed by atoms with Gasteiger partial charge in [-0.05, 0) is 39.3 Å². The van der Waals surface area contributed by atoms with Crippen LogP contribution in [0.5, 0.6) is 0 Å². The number of ether oxygens (including phenoxy) is 2. The highest BCUT2D eigenvalue weighted by Crippen LogP contribution is 2.21. The Bertz CT molecular complexity index is 791. The van der Waals surface area contributed by atoms with E-state index in [-0.39, 0.29) is 12.2 Å². The fraction of sp³-hybridized carbons (Fsp3) is 0.684. The number of carbonyl (C=O) groups excluding carboxylic acids is 1. The Hall–Kier alpha value is -1.75. The summed E-state index contributed by atoms with van der Waals surface area (Å²) in [6, 6.07) is 3.47. The van der Waals surface area contributed by atoms with E-state index in [0.717, 1.165) is 5.82 Å². The molecule has 2 saturated heterocycles. The quantitative estimate of drug-likeness (QED) is 0.652. The van der Waals surface area contributed by atoms with E-state index in [0.29, 0.717) is 57.9 Å². The Balaban J connectivity index is 1.65. The van der Waals surface area contributed by atoms with Crippen molar-refractivity contribution in [1.29, 1.82) is 0 Å². The molecule has 0 amide bonds. The van der Waals surface area contributed by atoms with E-state index in [1.54, 1.807) is 23.4 Å². The molecule has 1 aromatic rings. The number of anilines is 1. The molecule has 10 heteroatoms. The lowest BCUT2D eigenvalue weighted by atomic mass is 10.2. The van der Waals surface area contributed by atoms with Crippen LogP contribution in [0.4, 0.5) is 5.82 Å². The van der Waals surface area contributed by atoms with Gasteiger partial charge in [0.05, 0.1) is 24.4 Å². The molecule has 2 fully saturated rings. The van der Waals surface area contributed by atoms with Gasteiger partial charge in [-0.3, -0.25) is 0 Å².